The fraction of sp³-hybridized carbons (Fsp3) is 0.429. The first-order valence-corrected chi connectivity index (χ1v) is 3.32. The minimum atomic E-state index is -0.179. The molecule has 0 spiro atoms. The van der Waals surface area contributed by atoms with Crippen LogP contribution in [-0.4, -0.2) is 5.38 Å². The maximum absolute atomic E-state index is 12.5. The molecule has 0 saturated carbocycles. The van der Waals surface area contributed by atoms with Crippen molar-refractivity contribution < 1.29 is 4.39 Å². The van der Waals surface area contributed by atoms with Gasteiger partial charge >= 0.3 is 0 Å². The van der Waals surface area contributed by atoms with Crippen LogP contribution in [0, 0.1) is 0 Å². The fourth-order valence-corrected chi connectivity index (χ4v) is 0.956. The smallest absolute Gasteiger partial charge is 0.123 e. The predicted octanol–water partition coefficient (Wildman–Crippen LogP) is 2.80. The van der Waals surface area contributed by atoms with E-state index < -0.39 is 0 Å². The molecular weight excluding hydrogens is 139 g/mol. The number of allylic oxidation sites excluding steroid dienone is 4. The predicted molar refractivity (Wildman–Crippen MR) is 37.2 cm³/mol. The molecule has 0 heterocycles. The number of hydrogen-bond acceptors (Lipinski definition) is 0. The van der Waals surface area contributed by atoms with Crippen molar-refractivity contribution in [3.05, 3.63) is 23.6 Å². The van der Waals surface area contributed by atoms with Crippen LogP contribution in [-0.2, 0) is 0 Å². The molecule has 1 aliphatic carbocycles. The summed E-state index contributed by atoms with van der Waals surface area (Å²) in [5.74, 6) is -0.179. The van der Waals surface area contributed by atoms with Gasteiger partial charge in [-0.05, 0) is 25.0 Å². The van der Waals surface area contributed by atoms with Crippen molar-refractivity contribution in [1.29, 1.82) is 0 Å². The quantitative estimate of drug-likeness (QED) is 0.461. The number of rotatable bonds is 0. The van der Waals surface area contributed by atoms with Crippen molar-refractivity contribution in [2.45, 2.75) is 18.7 Å². The topological polar surface area (TPSA) is 0 Å². The highest BCUT2D eigenvalue weighted by Gasteiger charge is 2.12. The standard InChI is InChI=1S/C7H8ClF/c1-5-6(8)3-2-4-7(5)9/h2,4,6H,3H2,1H3. The van der Waals surface area contributed by atoms with Gasteiger partial charge in [-0.3, -0.25) is 0 Å². The zero-order valence-corrected chi connectivity index (χ0v) is 5.95. The molecular formula is C7H8ClF. The molecule has 1 aliphatic rings. The molecule has 0 aromatic heterocycles. The SMILES string of the molecule is CC1=C(F)C=CCC1Cl. The van der Waals surface area contributed by atoms with E-state index in [1.54, 1.807) is 13.0 Å². The molecule has 0 N–H and O–H groups in total. The van der Waals surface area contributed by atoms with Gasteiger partial charge in [0.15, 0.2) is 0 Å². The van der Waals surface area contributed by atoms with E-state index in [1.165, 1.54) is 6.08 Å². The fourth-order valence-electron chi connectivity index (χ4n) is 0.749. The van der Waals surface area contributed by atoms with Crippen molar-refractivity contribution in [2.75, 3.05) is 0 Å². The molecule has 0 bridgehead atoms. The molecule has 1 unspecified atom stereocenters. The van der Waals surface area contributed by atoms with Gasteiger partial charge in [-0.25, -0.2) is 4.39 Å². The van der Waals surface area contributed by atoms with E-state index in [2.05, 4.69) is 0 Å². The summed E-state index contributed by atoms with van der Waals surface area (Å²) in [5.41, 5.74) is 0.652. The Kier molecular flexibility index (Phi) is 1.91. The van der Waals surface area contributed by atoms with Crippen LogP contribution in [0.15, 0.2) is 23.6 Å². The Hall–Kier alpha value is -0.300. The van der Waals surface area contributed by atoms with E-state index in [1.807, 2.05) is 0 Å². The molecule has 0 radical (unpaired) electrons. The second-order valence-corrected chi connectivity index (χ2v) is 2.66. The molecule has 0 saturated heterocycles. The number of halogens is 2. The van der Waals surface area contributed by atoms with Crippen LogP contribution in [0.4, 0.5) is 4.39 Å². The molecule has 1 rings (SSSR count). The summed E-state index contributed by atoms with van der Waals surface area (Å²) >= 11 is 5.71. The van der Waals surface area contributed by atoms with Gasteiger partial charge in [-0.2, -0.15) is 0 Å². The van der Waals surface area contributed by atoms with Gasteiger partial charge in [0, 0.05) is 0 Å². The minimum absolute atomic E-state index is 0.130. The Balaban J connectivity index is 2.83. The molecule has 50 valence electrons. The van der Waals surface area contributed by atoms with Gasteiger partial charge in [0.25, 0.3) is 0 Å². The van der Waals surface area contributed by atoms with Crippen molar-refractivity contribution in [3.63, 3.8) is 0 Å². The van der Waals surface area contributed by atoms with Crippen LogP contribution in [0.3, 0.4) is 0 Å². The first-order valence-electron chi connectivity index (χ1n) is 2.88. The molecule has 0 aliphatic heterocycles. The van der Waals surface area contributed by atoms with E-state index in [-0.39, 0.29) is 11.2 Å². The monoisotopic (exact) mass is 146 g/mol. The van der Waals surface area contributed by atoms with E-state index in [9.17, 15) is 4.39 Å². The van der Waals surface area contributed by atoms with Crippen molar-refractivity contribution >= 4 is 11.6 Å². The van der Waals surface area contributed by atoms with Crippen molar-refractivity contribution in [2.24, 2.45) is 0 Å². The lowest BCUT2D eigenvalue weighted by Crippen LogP contribution is -2.03. The maximum Gasteiger partial charge on any atom is 0.123 e. The lowest BCUT2D eigenvalue weighted by molar-refractivity contribution is 0.638. The van der Waals surface area contributed by atoms with Crippen molar-refractivity contribution in [3.8, 4) is 0 Å². The molecule has 2 heteroatoms. The third-order valence-electron chi connectivity index (χ3n) is 1.45. The highest BCUT2D eigenvalue weighted by Crippen LogP contribution is 2.23. The Morgan fingerprint density at radius 1 is 1.78 bits per heavy atom. The first kappa shape index (κ1) is 6.81. The average Bonchev–Trinajstić information content (AvgIpc) is 1.83. The summed E-state index contributed by atoms with van der Waals surface area (Å²) in [6.07, 6.45) is 3.97. The third kappa shape index (κ3) is 1.33. The summed E-state index contributed by atoms with van der Waals surface area (Å²) in [5, 5.41) is -0.130. The van der Waals surface area contributed by atoms with Gasteiger partial charge in [-0.1, -0.05) is 6.08 Å². The minimum Gasteiger partial charge on any atom is -0.207 e. The lowest BCUT2D eigenvalue weighted by atomic mass is 10.1. The van der Waals surface area contributed by atoms with Crippen LogP contribution in [0.2, 0.25) is 0 Å². The second kappa shape index (κ2) is 2.53. The zero-order valence-electron chi connectivity index (χ0n) is 5.20. The summed E-state index contributed by atoms with van der Waals surface area (Å²) < 4.78 is 12.5. The number of hydrogen-bond donors (Lipinski definition) is 0. The number of alkyl halides is 1. The zero-order chi connectivity index (χ0) is 6.85. The second-order valence-electron chi connectivity index (χ2n) is 2.14. The molecule has 9 heavy (non-hydrogen) atoms. The van der Waals surface area contributed by atoms with Gasteiger partial charge in [0.1, 0.15) is 5.83 Å². The molecule has 0 nitrogen and oxygen atoms in total. The molecule has 0 aromatic carbocycles. The van der Waals surface area contributed by atoms with Gasteiger partial charge < -0.3 is 0 Å². The molecule has 0 amide bonds. The lowest BCUT2D eigenvalue weighted by Gasteiger charge is -2.11. The normalized spacial score (nSPS) is 27.2. The maximum atomic E-state index is 12.5. The van der Waals surface area contributed by atoms with Gasteiger partial charge in [-0.15, -0.1) is 11.6 Å². The highest BCUT2D eigenvalue weighted by molar-refractivity contribution is 6.22. The molecule has 1 atom stereocenters. The Bertz CT molecular complexity index is 170. The van der Waals surface area contributed by atoms with Crippen LogP contribution in [0.25, 0.3) is 0 Å². The average molecular weight is 147 g/mol. The Morgan fingerprint density at radius 3 is 2.89 bits per heavy atom. The Morgan fingerprint density at radius 2 is 2.44 bits per heavy atom. The third-order valence-corrected chi connectivity index (χ3v) is 1.96. The summed E-state index contributed by atoms with van der Waals surface area (Å²) in [7, 11) is 0. The van der Waals surface area contributed by atoms with Gasteiger partial charge in [0.05, 0.1) is 5.38 Å². The Labute approximate surface area is 59.0 Å². The largest absolute Gasteiger partial charge is 0.207 e. The van der Waals surface area contributed by atoms with Gasteiger partial charge in [0.2, 0.25) is 0 Å². The first-order chi connectivity index (χ1) is 4.22. The van der Waals surface area contributed by atoms with E-state index in [0.29, 0.717) is 5.57 Å². The molecule has 0 fully saturated rings. The van der Waals surface area contributed by atoms with E-state index >= 15 is 0 Å². The van der Waals surface area contributed by atoms with E-state index in [4.69, 9.17) is 11.6 Å². The summed E-state index contributed by atoms with van der Waals surface area (Å²) in [6.45, 7) is 1.72. The van der Waals surface area contributed by atoms with Crippen LogP contribution in [0.5, 0.6) is 0 Å². The van der Waals surface area contributed by atoms with E-state index in [0.717, 1.165) is 6.42 Å². The summed E-state index contributed by atoms with van der Waals surface area (Å²) in [4.78, 5) is 0. The van der Waals surface area contributed by atoms with Crippen LogP contribution >= 0.6 is 11.6 Å². The molecule has 0 aromatic rings. The summed E-state index contributed by atoms with van der Waals surface area (Å²) in [6, 6.07) is 0. The van der Waals surface area contributed by atoms with Crippen LogP contribution in [0.1, 0.15) is 13.3 Å². The van der Waals surface area contributed by atoms with Crippen molar-refractivity contribution in [1.82, 2.24) is 0 Å². The van der Waals surface area contributed by atoms with Crippen LogP contribution < -0.4 is 0 Å². The highest BCUT2D eigenvalue weighted by atomic mass is 35.5.